The average Bonchev–Trinajstić information content (AvgIpc) is 3.37. The largest absolute Gasteiger partial charge is 0.494 e. The molecule has 3 aromatic rings. The molecule has 7 nitrogen and oxygen atoms in total. The number of halogens is 1. The molecular weight excluding hydrogens is 435 g/mol. The Morgan fingerprint density at radius 2 is 1.94 bits per heavy atom. The van der Waals surface area contributed by atoms with Crippen LogP contribution < -0.4 is 19.7 Å². The summed E-state index contributed by atoms with van der Waals surface area (Å²) >= 11 is 0. The van der Waals surface area contributed by atoms with Gasteiger partial charge in [0.2, 0.25) is 5.91 Å². The Morgan fingerprint density at radius 3 is 2.65 bits per heavy atom. The lowest BCUT2D eigenvalue weighted by atomic mass is 10.0. The van der Waals surface area contributed by atoms with Crippen LogP contribution in [-0.2, 0) is 4.79 Å². The number of likely N-dealkylation sites (N-methyl/N-ethyl adjacent to an activating group) is 1. The first-order chi connectivity index (χ1) is 16.5. The van der Waals surface area contributed by atoms with Crippen LogP contribution >= 0.6 is 0 Å². The highest BCUT2D eigenvalue weighted by Gasteiger charge is 2.45. The first kappa shape index (κ1) is 22.4. The lowest BCUT2D eigenvalue weighted by Crippen LogP contribution is -2.30. The lowest BCUT2D eigenvalue weighted by molar-refractivity contribution is -0.129. The Balaban J connectivity index is 1.53. The number of nitrogens with zero attached hydrogens (tertiary/aromatic N) is 3. The molecule has 34 heavy (non-hydrogen) atoms. The number of hydrogen-bond donors (Lipinski definition) is 1. The molecule has 0 radical (unpaired) electrons. The summed E-state index contributed by atoms with van der Waals surface area (Å²) in [7, 11) is 5.20. The van der Waals surface area contributed by atoms with E-state index in [1.807, 2.05) is 49.3 Å². The number of likely N-dealkylation sites (tertiary alicyclic amines) is 1. The number of hydrogen-bond acceptors (Lipinski definition) is 6. The molecule has 1 amide bonds. The van der Waals surface area contributed by atoms with E-state index in [0.29, 0.717) is 18.7 Å². The molecular formula is C26H29FN4O3. The molecule has 2 unspecified atom stereocenters. The van der Waals surface area contributed by atoms with Gasteiger partial charge in [-0.05, 0) is 43.4 Å². The maximum atomic E-state index is 14.7. The van der Waals surface area contributed by atoms with Crippen molar-refractivity contribution in [2.75, 3.05) is 58.9 Å². The summed E-state index contributed by atoms with van der Waals surface area (Å²) in [5.41, 5.74) is 3.25. The van der Waals surface area contributed by atoms with Crippen molar-refractivity contribution in [2.45, 2.75) is 0 Å². The maximum absolute atomic E-state index is 14.7. The van der Waals surface area contributed by atoms with Crippen LogP contribution in [0.4, 0.5) is 10.1 Å². The predicted molar refractivity (Wildman–Crippen MR) is 130 cm³/mol. The molecule has 8 heteroatoms. The van der Waals surface area contributed by atoms with E-state index in [-0.39, 0.29) is 23.5 Å². The van der Waals surface area contributed by atoms with Crippen molar-refractivity contribution < 1.29 is 18.7 Å². The topological polar surface area (TPSA) is 66.9 Å². The minimum absolute atomic E-state index is 0.0196. The molecule has 2 aliphatic rings. The van der Waals surface area contributed by atoms with Crippen molar-refractivity contribution >= 4 is 22.5 Å². The van der Waals surface area contributed by atoms with E-state index in [1.54, 1.807) is 6.07 Å². The van der Waals surface area contributed by atoms with E-state index in [9.17, 15) is 9.18 Å². The van der Waals surface area contributed by atoms with E-state index in [0.717, 1.165) is 47.7 Å². The van der Waals surface area contributed by atoms with Crippen molar-refractivity contribution in [1.82, 2.24) is 15.2 Å². The first-order valence-electron chi connectivity index (χ1n) is 11.5. The standard InChI is InChI=1S/C26H29FN4O3/c1-28-8-9-34-18-6-4-16(5-7-18)22-11-24(19-10-21(27)25(33-3)12-23(19)29-22)31-14-17-13-30(2)26(32)20(17)15-31/h4-7,10-12,17,20,28H,8-9,13-15H2,1-3H3. The van der Waals surface area contributed by atoms with Crippen LogP contribution in [0, 0.1) is 17.7 Å². The molecule has 5 rings (SSSR count). The van der Waals surface area contributed by atoms with Gasteiger partial charge in [0, 0.05) is 61.8 Å². The van der Waals surface area contributed by atoms with Gasteiger partial charge in [0.15, 0.2) is 11.6 Å². The zero-order valence-corrected chi connectivity index (χ0v) is 19.7. The number of amides is 1. The molecule has 178 valence electrons. The fraction of sp³-hybridized carbons (Fsp3) is 0.385. The van der Waals surface area contributed by atoms with Gasteiger partial charge in [-0.3, -0.25) is 4.79 Å². The number of methoxy groups -OCH3 is 1. The van der Waals surface area contributed by atoms with Crippen LogP contribution in [0.15, 0.2) is 42.5 Å². The minimum atomic E-state index is -0.427. The van der Waals surface area contributed by atoms with E-state index >= 15 is 0 Å². The molecule has 0 aliphatic carbocycles. The van der Waals surface area contributed by atoms with Crippen molar-refractivity contribution in [3.05, 3.63) is 48.3 Å². The Bertz CT molecular complexity index is 1220. The molecule has 2 saturated heterocycles. The second kappa shape index (κ2) is 9.10. The summed E-state index contributed by atoms with van der Waals surface area (Å²) in [6.07, 6.45) is 0. The molecule has 3 heterocycles. The molecule has 0 bridgehead atoms. The molecule has 1 N–H and O–H groups in total. The fourth-order valence-corrected chi connectivity index (χ4v) is 5.03. The van der Waals surface area contributed by atoms with Gasteiger partial charge in [-0.1, -0.05) is 0 Å². The van der Waals surface area contributed by atoms with Gasteiger partial charge in [-0.2, -0.15) is 0 Å². The predicted octanol–water partition coefficient (Wildman–Crippen LogP) is 3.17. The summed E-state index contributed by atoms with van der Waals surface area (Å²) in [6.45, 7) is 3.49. The summed E-state index contributed by atoms with van der Waals surface area (Å²) in [5.74, 6) is 0.970. The molecule has 1 aromatic heterocycles. The minimum Gasteiger partial charge on any atom is -0.494 e. The molecule has 2 fully saturated rings. The third-order valence-corrected chi connectivity index (χ3v) is 6.81. The number of carbonyl (C=O) groups is 1. The summed E-state index contributed by atoms with van der Waals surface area (Å²) in [6, 6.07) is 12.9. The highest BCUT2D eigenvalue weighted by molar-refractivity contribution is 5.96. The van der Waals surface area contributed by atoms with Gasteiger partial charge in [0.05, 0.1) is 24.2 Å². The summed E-state index contributed by atoms with van der Waals surface area (Å²) in [5, 5.41) is 3.78. The Morgan fingerprint density at radius 1 is 1.15 bits per heavy atom. The van der Waals surface area contributed by atoms with Crippen molar-refractivity contribution in [3.63, 3.8) is 0 Å². The Hall–Kier alpha value is -3.39. The zero-order valence-electron chi connectivity index (χ0n) is 19.7. The third kappa shape index (κ3) is 4.03. The SMILES string of the molecule is CNCCOc1ccc(-c2cc(N3CC4CN(C)C(=O)C4C3)c3cc(F)c(OC)cc3n2)cc1. The first-order valence-corrected chi connectivity index (χ1v) is 11.5. The van der Waals surface area contributed by atoms with Gasteiger partial charge >= 0.3 is 0 Å². The summed E-state index contributed by atoms with van der Waals surface area (Å²) < 4.78 is 25.6. The van der Waals surface area contributed by atoms with Crippen molar-refractivity contribution in [1.29, 1.82) is 0 Å². The fourth-order valence-electron chi connectivity index (χ4n) is 5.03. The molecule has 0 spiro atoms. The van der Waals surface area contributed by atoms with Gasteiger partial charge in [-0.25, -0.2) is 9.37 Å². The lowest BCUT2D eigenvalue weighted by Gasteiger charge is -2.24. The van der Waals surface area contributed by atoms with E-state index < -0.39 is 5.82 Å². The highest BCUT2D eigenvalue weighted by atomic mass is 19.1. The second-order valence-corrected chi connectivity index (χ2v) is 9.00. The van der Waals surface area contributed by atoms with Gasteiger partial charge < -0.3 is 24.6 Å². The number of nitrogens with one attached hydrogen (secondary N) is 1. The molecule has 2 aromatic carbocycles. The zero-order chi connectivity index (χ0) is 23.8. The van der Waals surface area contributed by atoms with Gasteiger partial charge in [-0.15, -0.1) is 0 Å². The normalized spacial score (nSPS) is 19.7. The maximum Gasteiger partial charge on any atom is 0.227 e. The third-order valence-electron chi connectivity index (χ3n) is 6.81. The number of benzene rings is 2. The van der Waals surface area contributed by atoms with E-state index in [1.165, 1.54) is 13.2 Å². The van der Waals surface area contributed by atoms with Crippen LogP contribution in [0.2, 0.25) is 0 Å². The van der Waals surface area contributed by atoms with Crippen molar-refractivity contribution in [3.8, 4) is 22.8 Å². The van der Waals surface area contributed by atoms with Crippen LogP contribution in [0.3, 0.4) is 0 Å². The van der Waals surface area contributed by atoms with Crippen LogP contribution in [0.25, 0.3) is 22.2 Å². The van der Waals surface area contributed by atoms with Crippen LogP contribution in [-0.4, -0.2) is 69.8 Å². The van der Waals surface area contributed by atoms with E-state index in [2.05, 4.69) is 10.2 Å². The van der Waals surface area contributed by atoms with E-state index in [4.69, 9.17) is 14.5 Å². The monoisotopic (exact) mass is 464 g/mol. The molecule has 2 aliphatic heterocycles. The quantitative estimate of drug-likeness (QED) is 0.542. The smallest absolute Gasteiger partial charge is 0.227 e. The second-order valence-electron chi connectivity index (χ2n) is 9.00. The van der Waals surface area contributed by atoms with Gasteiger partial charge in [0.25, 0.3) is 0 Å². The number of anilines is 1. The van der Waals surface area contributed by atoms with Crippen LogP contribution in [0.1, 0.15) is 0 Å². The molecule has 0 saturated carbocycles. The summed E-state index contributed by atoms with van der Waals surface area (Å²) in [4.78, 5) is 21.4. The Kier molecular flexibility index (Phi) is 6.00. The van der Waals surface area contributed by atoms with Gasteiger partial charge in [0.1, 0.15) is 12.4 Å². The van der Waals surface area contributed by atoms with Crippen molar-refractivity contribution in [2.24, 2.45) is 11.8 Å². The number of aromatic nitrogens is 1. The number of carbonyl (C=O) groups excluding carboxylic acids is 1. The molecule has 2 atom stereocenters. The van der Waals surface area contributed by atoms with Crippen LogP contribution in [0.5, 0.6) is 11.5 Å². The number of pyridine rings is 1. The average molecular weight is 465 g/mol. The number of rotatable bonds is 7. The Labute approximate surface area is 198 Å². The number of fused-ring (bicyclic) bond motifs is 2. The number of ether oxygens (including phenoxy) is 2. The highest BCUT2D eigenvalue weighted by Crippen LogP contribution is 2.40.